The first-order chi connectivity index (χ1) is 9.86. The zero-order valence-corrected chi connectivity index (χ0v) is 14.6. The van der Waals surface area contributed by atoms with Crippen LogP contribution >= 0.6 is 27.5 Å². The molecule has 0 atom stereocenters. The van der Waals surface area contributed by atoms with Crippen molar-refractivity contribution in [1.29, 1.82) is 0 Å². The molecule has 0 aliphatic heterocycles. The zero-order valence-electron chi connectivity index (χ0n) is 11.4. The van der Waals surface area contributed by atoms with E-state index in [0.717, 1.165) is 15.6 Å². The van der Waals surface area contributed by atoms with E-state index in [9.17, 15) is 8.42 Å². The van der Waals surface area contributed by atoms with Crippen molar-refractivity contribution < 1.29 is 8.42 Å². The normalized spacial score (nSPS) is 11.6. The molecule has 0 saturated heterocycles. The van der Waals surface area contributed by atoms with E-state index >= 15 is 0 Å². The van der Waals surface area contributed by atoms with Gasteiger partial charge in [0, 0.05) is 28.8 Å². The molecule has 0 radical (unpaired) electrons. The molecular weight excluding hydrogens is 374 g/mol. The van der Waals surface area contributed by atoms with Gasteiger partial charge in [-0.05, 0) is 41.5 Å². The summed E-state index contributed by atoms with van der Waals surface area (Å²) in [7, 11) is -3.13. The van der Waals surface area contributed by atoms with Crippen molar-refractivity contribution in [2.24, 2.45) is 0 Å². The van der Waals surface area contributed by atoms with Crippen LogP contribution in [0.5, 0.6) is 0 Å². The number of nitrogens with one attached hydrogen (secondary N) is 1. The number of rotatable bonds is 5. The van der Waals surface area contributed by atoms with Gasteiger partial charge in [0.2, 0.25) is 0 Å². The van der Waals surface area contributed by atoms with E-state index in [2.05, 4.69) is 21.2 Å². The van der Waals surface area contributed by atoms with Crippen LogP contribution in [0.2, 0.25) is 5.02 Å². The number of hydrogen-bond acceptors (Lipinski definition) is 3. The van der Waals surface area contributed by atoms with Crippen LogP contribution in [0.25, 0.3) is 0 Å². The topological polar surface area (TPSA) is 46.2 Å². The lowest BCUT2D eigenvalue weighted by atomic mass is 10.2. The molecule has 1 N–H and O–H groups in total. The van der Waals surface area contributed by atoms with Gasteiger partial charge in [-0.2, -0.15) is 0 Å². The molecule has 21 heavy (non-hydrogen) atoms. The first kappa shape index (κ1) is 16.5. The molecule has 2 aromatic carbocycles. The third-order valence-corrected chi connectivity index (χ3v) is 5.14. The Morgan fingerprint density at radius 1 is 1.10 bits per heavy atom. The van der Waals surface area contributed by atoms with E-state index in [-0.39, 0.29) is 0 Å². The molecule has 0 aliphatic rings. The lowest BCUT2D eigenvalue weighted by Gasteiger charge is -2.08. The molecule has 0 spiro atoms. The number of halogens is 2. The highest BCUT2D eigenvalue weighted by Gasteiger charge is 2.06. The summed E-state index contributed by atoms with van der Waals surface area (Å²) in [4.78, 5) is 0.337. The summed E-state index contributed by atoms with van der Waals surface area (Å²) in [6, 6.07) is 12.5. The van der Waals surface area contributed by atoms with Crippen LogP contribution in [-0.4, -0.2) is 14.7 Å². The third-order valence-electron chi connectivity index (χ3n) is 3.00. The van der Waals surface area contributed by atoms with Crippen LogP contribution < -0.4 is 5.32 Å². The van der Waals surface area contributed by atoms with E-state index in [4.69, 9.17) is 11.6 Å². The quantitative estimate of drug-likeness (QED) is 0.847. The van der Waals surface area contributed by atoms with Gasteiger partial charge in [0.15, 0.2) is 9.84 Å². The SMILES string of the molecule is CS(=O)(=O)c1ccc(CNCc2cc(Cl)ccc2Br)cc1. The van der Waals surface area contributed by atoms with Gasteiger partial charge in [0.1, 0.15) is 0 Å². The van der Waals surface area contributed by atoms with Crippen LogP contribution in [0.1, 0.15) is 11.1 Å². The molecule has 0 heterocycles. The highest BCUT2D eigenvalue weighted by atomic mass is 79.9. The van der Waals surface area contributed by atoms with Crippen LogP contribution in [0.3, 0.4) is 0 Å². The summed E-state index contributed by atoms with van der Waals surface area (Å²) >= 11 is 9.45. The highest BCUT2D eigenvalue weighted by Crippen LogP contribution is 2.21. The average molecular weight is 389 g/mol. The lowest BCUT2D eigenvalue weighted by Crippen LogP contribution is -2.13. The Bertz CT molecular complexity index is 730. The fourth-order valence-corrected chi connectivity index (χ4v) is 3.09. The number of hydrogen-bond donors (Lipinski definition) is 1. The molecule has 0 aromatic heterocycles. The van der Waals surface area contributed by atoms with Crippen LogP contribution in [0.4, 0.5) is 0 Å². The number of sulfone groups is 1. The molecule has 3 nitrogen and oxygen atoms in total. The fourth-order valence-electron chi connectivity index (χ4n) is 1.87. The Morgan fingerprint density at radius 2 is 1.76 bits per heavy atom. The maximum Gasteiger partial charge on any atom is 0.175 e. The van der Waals surface area contributed by atoms with Gasteiger partial charge in [0.25, 0.3) is 0 Å². The summed E-state index contributed by atoms with van der Waals surface area (Å²) < 4.78 is 23.8. The minimum atomic E-state index is -3.13. The highest BCUT2D eigenvalue weighted by molar-refractivity contribution is 9.10. The molecule has 0 amide bonds. The second-order valence-corrected chi connectivity index (χ2v) is 8.06. The van der Waals surface area contributed by atoms with Crippen molar-refractivity contribution in [3.05, 3.63) is 63.1 Å². The predicted molar refractivity (Wildman–Crippen MR) is 89.2 cm³/mol. The van der Waals surface area contributed by atoms with Crippen LogP contribution in [0.15, 0.2) is 51.8 Å². The molecule has 0 fully saturated rings. The van der Waals surface area contributed by atoms with E-state index in [1.54, 1.807) is 12.1 Å². The Kier molecular flexibility index (Phi) is 5.43. The first-order valence-corrected chi connectivity index (χ1v) is 9.36. The van der Waals surface area contributed by atoms with Gasteiger partial charge in [-0.1, -0.05) is 39.7 Å². The van der Waals surface area contributed by atoms with Gasteiger partial charge in [-0.25, -0.2) is 8.42 Å². The summed E-state index contributed by atoms with van der Waals surface area (Å²) in [5.74, 6) is 0. The van der Waals surface area contributed by atoms with E-state index in [1.807, 2.05) is 30.3 Å². The van der Waals surface area contributed by atoms with E-state index < -0.39 is 9.84 Å². The summed E-state index contributed by atoms with van der Waals surface area (Å²) in [5, 5.41) is 4.01. The molecule has 6 heteroatoms. The van der Waals surface area contributed by atoms with Gasteiger partial charge in [0.05, 0.1) is 4.90 Å². The minimum absolute atomic E-state index is 0.337. The molecule has 0 bridgehead atoms. The van der Waals surface area contributed by atoms with Crippen molar-refractivity contribution in [3.8, 4) is 0 Å². The molecule has 112 valence electrons. The molecule has 0 unspecified atom stereocenters. The largest absolute Gasteiger partial charge is 0.309 e. The second kappa shape index (κ2) is 6.92. The maximum atomic E-state index is 11.4. The Labute approximate surface area is 138 Å². The third kappa shape index (κ3) is 4.81. The Morgan fingerprint density at radius 3 is 2.38 bits per heavy atom. The Hall–Kier alpha value is -0.880. The van der Waals surface area contributed by atoms with Crippen LogP contribution in [0, 0.1) is 0 Å². The smallest absolute Gasteiger partial charge is 0.175 e. The Balaban J connectivity index is 1.96. The summed E-state index contributed by atoms with van der Waals surface area (Å²) in [6.45, 7) is 1.33. The van der Waals surface area contributed by atoms with Gasteiger partial charge in [-0.3, -0.25) is 0 Å². The predicted octanol–water partition coefficient (Wildman–Crippen LogP) is 3.80. The monoisotopic (exact) mass is 387 g/mol. The minimum Gasteiger partial charge on any atom is -0.309 e. The summed E-state index contributed by atoms with van der Waals surface area (Å²) in [5.41, 5.74) is 2.11. The van der Waals surface area contributed by atoms with Gasteiger partial charge >= 0.3 is 0 Å². The summed E-state index contributed by atoms with van der Waals surface area (Å²) in [6.07, 6.45) is 1.21. The van der Waals surface area contributed by atoms with Crippen molar-refractivity contribution in [3.63, 3.8) is 0 Å². The average Bonchev–Trinajstić information content (AvgIpc) is 2.42. The van der Waals surface area contributed by atoms with Crippen molar-refractivity contribution >= 4 is 37.4 Å². The second-order valence-electron chi connectivity index (χ2n) is 4.76. The molecule has 0 aliphatic carbocycles. The standard InChI is InChI=1S/C15H15BrClNO2S/c1-21(19,20)14-5-2-11(3-6-14)9-18-10-12-8-13(17)4-7-15(12)16/h2-8,18H,9-10H2,1H3. The molecule has 2 aromatic rings. The van der Waals surface area contributed by atoms with Crippen molar-refractivity contribution in [2.75, 3.05) is 6.26 Å². The van der Waals surface area contributed by atoms with Crippen molar-refractivity contribution in [1.82, 2.24) is 5.32 Å². The maximum absolute atomic E-state index is 11.4. The molecular formula is C15H15BrClNO2S. The zero-order chi connectivity index (χ0) is 15.5. The number of benzene rings is 2. The fraction of sp³-hybridized carbons (Fsp3) is 0.200. The molecule has 2 rings (SSSR count). The lowest BCUT2D eigenvalue weighted by molar-refractivity contribution is 0.602. The molecule has 0 saturated carbocycles. The van der Waals surface area contributed by atoms with Gasteiger partial charge in [-0.15, -0.1) is 0 Å². The first-order valence-electron chi connectivity index (χ1n) is 6.30. The van der Waals surface area contributed by atoms with Crippen LogP contribution in [-0.2, 0) is 22.9 Å². The van der Waals surface area contributed by atoms with E-state index in [0.29, 0.717) is 23.0 Å². The van der Waals surface area contributed by atoms with E-state index in [1.165, 1.54) is 6.26 Å². The van der Waals surface area contributed by atoms with Crippen molar-refractivity contribution in [2.45, 2.75) is 18.0 Å². The van der Waals surface area contributed by atoms with Gasteiger partial charge < -0.3 is 5.32 Å².